The van der Waals surface area contributed by atoms with E-state index in [2.05, 4.69) is 26.8 Å². The van der Waals surface area contributed by atoms with Gasteiger partial charge in [0, 0.05) is 50.2 Å². The molecular weight excluding hydrogens is 352 g/mol. The molecule has 1 amide bonds. The van der Waals surface area contributed by atoms with E-state index in [0.29, 0.717) is 13.1 Å². The van der Waals surface area contributed by atoms with Crippen molar-refractivity contribution in [2.75, 3.05) is 31.1 Å². The van der Waals surface area contributed by atoms with E-state index < -0.39 is 0 Å². The van der Waals surface area contributed by atoms with Crippen molar-refractivity contribution in [1.82, 2.24) is 24.4 Å². The van der Waals surface area contributed by atoms with Crippen LogP contribution in [0.5, 0.6) is 0 Å². The maximum atomic E-state index is 12.8. The molecule has 144 valence electrons. The van der Waals surface area contributed by atoms with E-state index in [1.54, 1.807) is 12.5 Å². The summed E-state index contributed by atoms with van der Waals surface area (Å²) in [6.45, 7) is 6.91. The fourth-order valence-corrected chi connectivity index (χ4v) is 3.47. The topological polar surface area (TPSA) is 67.2 Å². The number of hydrogen-bond acceptors (Lipinski definition) is 5. The van der Waals surface area contributed by atoms with Gasteiger partial charge in [0.15, 0.2) is 0 Å². The molecule has 0 N–H and O–H groups in total. The molecule has 1 aliphatic heterocycles. The van der Waals surface area contributed by atoms with Crippen LogP contribution in [0, 0.1) is 6.92 Å². The largest absolute Gasteiger partial charge is 0.353 e. The molecule has 1 aromatic carbocycles. The molecule has 1 aliphatic rings. The molecular formula is C21H24N6O. The Bertz CT molecular complexity index is 957. The van der Waals surface area contributed by atoms with Gasteiger partial charge in [-0.15, -0.1) is 0 Å². The smallest absolute Gasteiger partial charge is 0.253 e. The number of piperazine rings is 1. The van der Waals surface area contributed by atoms with Crippen LogP contribution in [0.15, 0.2) is 49.1 Å². The second-order valence-corrected chi connectivity index (χ2v) is 6.91. The van der Waals surface area contributed by atoms with Crippen LogP contribution in [0.2, 0.25) is 0 Å². The first kappa shape index (κ1) is 18.2. The first-order valence-corrected chi connectivity index (χ1v) is 9.61. The minimum atomic E-state index is 0.0970. The summed E-state index contributed by atoms with van der Waals surface area (Å²) in [5, 5.41) is 0. The van der Waals surface area contributed by atoms with Gasteiger partial charge in [0.05, 0.1) is 0 Å². The van der Waals surface area contributed by atoms with Gasteiger partial charge in [-0.2, -0.15) is 0 Å². The fourth-order valence-electron chi connectivity index (χ4n) is 3.47. The predicted octanol–water partition coefficient (Wildman–Crippen LogP) is 2.50. The summed E-state index contributed by atoms with van der Waals surface area (Å²) in [5.74, 6) is 2.65. The molecule has 28 heavy (non-hydrogen) atoms. The first-order valence-electron chi connectivity index (χ1n) is 9.61. The van der Waals surface area contributed by atoms with E-state index in [-0.39, 0.29) is 5.91 Å². The zero-order chi connectivity index (χ0) is 19.5. The summed E-state index contributed by atoms with van der Waals surface area (Å²) >= 11 is 0. The lowest BCUT2D eigenvalue weighted by Crippen LogP contribution is -2.49. The van der Waals surface area contributed by atoms with Gasteiger partial charge in [0.1, 0.15) is 23.8 Å². The highest BCUT2D eigenvalue weighted by atomic mass is 16.2. The van der Waals surface area contributed by atoms with Crippen LogP contribution in [0.25, 0.3) is 5.82 Å². The van der Waals surface area contributed by atoms with Gasteiger partial charge < -0.3 is 9.80 Å². The van der Waals surface area contributed by atoms with Gasteiger partial charge >= 0.3 is 0 Å². The Labute approximate surface area is 164 Å². The molecule has 7 nitrogen and oxygen atoms in total. The number of hydrogen-bond donors (Lipinski definition) is 0. The molecule has 0 saturated carbocycles. The van der Waals surface area contributed by atoms with Crippen LogP contribution >= 0.6 is 0 Å². The number of anilines is 1. The van der Waals surface area contributed by atoms with Crippen molar-refractivity contribution in [1.29, 1.82) is 0 Å². The molecule has 0 radical (unpaired) electrons. The van der Waals surface area contributed by atoms with Crippen molar-refractivity contribution < 1.29 is 4.79 Å². The third-order valence-corrected chi connectivity index (χ3v) is 5.21. The predicted molar refractivity (Wildman–Crippen MR) is 108 cm³/mol. The van der Waals surface area contributed by atoms with Gasteiger partial charge in [-0.05, 0) is 31.0 Å². The molecule has 0 bridgehead atoms. The van der Waals surface area contributed by atoms with Crippen molar-refractivity contribution in [3.05, 3.63) is 66.0 Å². The molecule has 0 atom stereocenters. The van der Waals surface area contributed by atoms with Crippen molar-refractivity contribution in [3.8, 4) is 5.82 Å². The van der Waals surface area contributed by atoms with E-state index in [9.17, 15) is 4.79 Å². The van der Waals surface area contributed by atoms with E-state index in [1.807, 2.05) is 52.9 Å². The van der Waals surface area contributed by atoms with Crippen LogP contribution in [-0.4, -0.2) is 56.5 Å². The number of aryl methyl sites for hydroxylation is 2. The van der Waals surface area contributed by atoms with Gasteiger partial charge in [-0.25, -0.2) is 15.0 Å². The molecule has 0 spiro atoms. The van der Waals surface area contributed by atoms with Gasteiger partial charge in [-0.1, -0.05) is 19.1 Å². The number of nitrogens with zero attached hydrogens (tertiary/aromatic N) is 6. The normalized spacial score (nSPS) is 14.4. The Morgan fingerprint density at radius 2 is 1.71 bits per heavy atom. The van der Waals surface area contributed by atoms with Crippen molar-refractivity contribution in [2.45, 2.75) is 20.3 Å². The Balaban J connectivity index is 1.43. The Hall–Kier alpha value is -3.22. The van der Waals surface area contributed by atoms with Crippen molar-refractivity contribution in [3.63, 3.8) is 0 Å². The summed E-state index contributed by atoms with van der Waals surface area (Å²) < 4.78 is 1.94. The number of carbonyl (C=O) groups is 1. The number of amides is 1. The van der Waals surface area contributed by atoms with Crippen LogP contribution in [-0.2, 0) is 6.42 Å². The van der Waals surface area contributed by atoms with Crippen LogP contribution < -0.4 is 4.90 Å². The molecule has 3 heterocycles. The highest BCUT2D eigenvalue weighted by Crippen LogP contribution is 2.18. The average Bonchev–Trinajstić information content (AvgIpc) is 3.19. The van der Waals surface area contributed by atoms with Gasteiger partial charge in [-0.3, -0.25) is 9.36 Å². The van der Waals surface area contributed by atoms with Gasteiger partial charge in [0.25, 0.3) is 5.91 Å². The quantitative estimate of drug-likeness (QED) is 0.700. The lowest BCUT2D eigenvalue weighted by Gasteiger charge is -2.35. The first-order chi connectivity index (χ1) is 13.7. The molecule has 1 fully saturated rings. The minimum absolute atomic E-state index is 0.0970. The van der Waals surface area contributed by atoms with Crippen molar-refractivity contribution >= 4 is 11.7 Å². The van der Waals surface area contributed by atoms with Crippen LogP contribution in [0.4, 0.5) is 5.82 Å². The molecule has 7 heteroatoms. The zero-order valence-corrected chi connectivity index (χ0v) is 16.2. The monoisotopic (exact) mass is 376 g/mol. The second kappa shape index (κ2) is 7.80. The zero-order valence-electron chi connectivity index (χ0n) is 16.2. The standard InChI is InChI=1S/C21H24N6O/c1-3-17-4-6-18(7-5-17)21(28)26-12-10-25(11-13-26)19-14-20(24-15-23-19)27-9-8-22-16(27)2/h4-9,14-15H,3,10-13H2,1-2H3. The SMILES string of the molecule is CCc1ccc(C(=O)N2CCN(c3cc(-n4ccnc4C)ncn3)CC2)cc1. The van der Waals surface area contributed by atoms with E-state index in [4.69, 9.17) is 0 Å². The number of aromatic nitrogens is 4. The summed E-state index contributed by atoms with van der Waals surface area (Å²) in [4.78, 5) is 29.9. The van der Waals surface area contributed by atoms with E-state index in [1.165, 1.54) is 5.56 Å². The third kappa shape index (κ3) is 3.60. The Morgan fingerprint density at radius 1 is 1.00 bits per heavy atom. The van der Waals surface area contributed by atoms with E-state index in [0.717, 1.165) is 42.5 Å². The molecule has 0 aliphatic carbocycles. The maximum Gasteiger partial charge on any atom is 0.253 e. The number of benzene rings is 1. The third-order valence-electron chi connectivity index (χ3n) is 5.21. The van der Waals surface area contributed by atoms with Gasteiger partial charge in [0.2, 0.25) is 0 Å². The highest BCUT2D eigenvalue weighted by Gasteiger charge is 2.23. The Morgan fingerprint density at radius 3 is 2.36 bits per heavy atom. The number of carbonyl (C=O) groups excluding carboxylic acids is 1. The van der Waals surface area contributed by atoms with Crippen LogP contribution in [0.1, 0.15) is 28.7 Å². The molecule has 2 aromatic heterocycles. The summed E-state index contributed by atoms with van der Waals surface area (Å²) in [6.07, 6.45) is 6.21. The van der Waals surface area contributed by atoms with Crippen LogP contribution in [0.3, 0.4) is 0 Å². The molecule has 3 aromatic rings. The van der Waals surface area contributed by atoms with Crippen molar-refractivity contribution in [2.24, 2.45) is 0 Å². The summed E-state index contributed by atoms with van der Waals surface area (Å²) in [7, 11) is 0. The lowest BCUT2D eigenvalue weighted by atomic mass is 10.1. The number of rotatable bonds is 4. The summed E-state index contributed by atoms with van der Waals surface area (Å²) in [6, 6.07) is 9.89. The maximum absolute atomic E-state index is 12.8. The molecule has 1 saturated heterocycles. The Kier molecular flexibility index (Phi) is 5.06. The molecule has 4 rings (SSSR count). The fraction of sp³-hybridized carbons (Fsp3) is 0.333. The highest BCUT2D eigenvalue weighted by molar-refractivity contribution is 5.94. The summed E-state index contributed by atoms with van der Waals surface area (Å²) in [5.41, 5.74) is 2.00. The molecule has 0 unspecified atom stereocenters. The number of imidazole rings is 1. The minimum Gasteiger partial charge on any atom is -0.353 e. The second-order valence-electron chi connectivity index (χ2n) is 6.91. The average molecular weight is 376 g/mol. The van der Waals surface area contributed by atoms with E-state index >= 15 is 0 Å². The lowest BCUT2D eigenvalue weighted by molar-refractivity contribution is 0.0746.